The van der Waals surface area contributed by atoms with Gasteiger partial charge in [-0.05, 0) is 11.6 Å². The Balaban J connectivity index is 5.88. The Labute approximate surface area is 96.0 Å². The van der Waals surface area contributed by atoms with E-state index in [9.17, 15) is 48.3 Å². The molecule has 0 saturated carbocycles. The normalized spacial score (nSPS) is 16.7. The summed E-state index contributed by atoms with van der Waals surface area (Å²) in [4.78, 5) is 0. The summed E-state index contributed by atoms with van der Waals surface area (Å²) in [6.07, 6.45) is -7.11. The minimum atomic E-state index is -7.30. The second kappa shape index (κ2) is 4.42. The summed E-state index contributed by atoms with van der Waals surface area (Å²) in [7, 11) is 0. The van der Waals surface area contributed by atoms with Crippen LogP contribution < -0.4 is 0 Å². The van der Waals surface area contributed by atoms with Crippen LogP contribution in [0.15, 0.2) is 11.1 Å². The molecule has 0 spiro atoms. The second-order valence-electron chi connectivity index (χ2n) is 2.80. The van der Waals surface area contributed by atoms with Gasteiger partial charge in [-0.1, -0.05) is 0 Å². The van der Waals surface area contributed by atoms with E-state index in [1.165, 1.54) is 0 Å². The van der Waals surface area contributed by atoms with Gasteiger partial charge >= 0.3 is 23.9 Å². The van der Waals surface area contributed by atoms with Crippen LogP contribution >= 0.6 is 11.6 Å². The Morgan fingerprint density at radius 2 is 1.00 bits per heavy atom. The van der Waals surface area contributed by atoms with Gasteiger partial charge in [-0.2, -0.15) is 43.9 Å². The molecule has 108 valence electrons. The van der Waals surface area contributed by atoms with Crippen LogP contribution in [0.25, 0.3) is 0 Å². The number of rotatable bonds is 3. The lowest BCUT2D eigenvalue weighted by atomic mass is 10.0. The summed E-state index contributed by atoms with van der Waals surface area (Å²) >= 11 is 3.88. The molecule has 0 radical (unpaired) electrons. The van der Waals surface area contributed by atoms with E-state index in [4.69, 9.17) is 0 Å². The van der Waals surface area contributed by atoms with Crippen molar-refractivity contribution >= 4 is 11.6 Å². The molecule has 0 aromatic heterocycles. The van der Waals surface area contributed by atoms with E-state index in [0.29, 0.717) is 0 Å². The molecule has 12 heteroatoms. The quantitative estimate of drug-likeness (QED) is 0.656. The standard InChI is InChI=1S/C6ClF11/c7-2(9)1(8)3(10,11)4(12,13)5(14,15)6(16,17)18. The van der Waals surface area contributed by atoms with Crippen LogP contribution in [0.2, 0.25) is 0 Å². The van der Waals surface area contributed by atoms with Crippen molar-refractivity contribution in [3.8, 4) is 0 Å². The Hall–Kier alpha value is -0.740. The molecule has 0 aromatic carbocycles. The van der Waals surface area contributed by atoms with Gasteiger partial charge in [0.05, 0.1) is 0 Å². The van der Waals surface area contributed by atoms with Crippen LogP contribution in [0.3, 0.4) is 0 Å². The van der Waals surface area contributed by atoms with Gasteiger partial charge in [-0.3, -0.25) is 0 Å². The number of hydrogen-bond acceptors (Lipinski definition) is 0. The SMILES string of the molecule is FC(Cl)=C(F)C(F)(F)C(F)(F)C(F)(F)C(F)(F)F. The molecule has 18 heavy (non-hydrogen) atoms. The molecule has 0 nitrogen and oxygen atoms in total. The molecule has 0 aromatic rings. The van der Waals surface area contributed by atoms with E-state index in [0.717, 1.165) is 0 Å². The molecule has 0 unspecified atom stereocenters. The second-order valence-corrected chi connectivity index (χ2v) is 3.13. The van der Waals surface area contributed by atoms with Crippen molar-refractivity contribution < 1.29 is 48.3 Å². The molecule has 0 aliphatic rings. The third kappa shape index (κ3) is 2.36. The summed E-state index contributed by atoms with van der Waals surface area (Å²) in [5, 5.41) is -3.17. The number of allylic oxidation sites excluding steroid dienone is 1. The molecule has 0 heterocycles. The Kier molecular flexibility index (Phi) is 4.24. The van der Waals surface area contributed by atoms with E-state index in [1.807, 2.05) is 0 Å². The Morgan fingerprint density at radius 3 is 1.22 bits per heavy atom. The largest absolute Gasteiger partial charge is 0.460 e. The molecular formula is C6ClF11. The van der Waals surface area contributed by atoms with Gasteiger partial charge in [0.1, 0.15) is 0 Å². The summed E-state index contributed by atoms with van der Waals surface area (Å²) in [6.45, 7) is 0. The molecule has 0 atom stereocenters. The summed E-state index contributed by atoms with van der Waals surface area (Å²) in [6, 6.07) is 0. The Morgan fingerprint density at radius 1 is 0.667 bits per heavy atom. The first-order chi connectivity index (χ1) is 7.60. The molecule has 0 bridgehead atoms. The van der Waals surface area contributed by atoms with Crippen molar-refractivity contribution in [3.63, 3.8) is 0 Å². The van der Waals surface area contributed by atoms with E-state index < -0.39 is 35.1 Å². The van der Waals surface area contributed by atoms with Crippen LogP contribution in [0.5, 0.6) is 0 Å². The van der Waals surface area contributed by atoms with Crippen LogP contribution in [-0.2, 0) is 0 Å². The number of alkyl halides is 9. The van der Waals surface area contributed by atoms with Crippen molar-refractivity contribution in [2.45, 2.75) is 23.9 Å². The van der Waals surface area contributed by atoms with E-state index in [1.54, 1.807) is 0 Å². The molecule has 0 saturated heterocycles. The zero-order valence-corrected chi connectivity index (χ0v) is 8.29. The lowest BCUT2D eigenvalue weighted by Gasteiger charge is -2.32. The van der Waals surface area contributed by atoms with Gasteiger partial charge in [0, 0.05) is 0 Å². The van der Waals surface area contributed by atoms with Gasteiger partial charge in [-0.15, -0.1) is 0 Å². The predicted octanol–water partition coefficient (Wildman–Crippen LogP) is 4.80. The van der Waals surface area contributed by atoms with Crippen LogP contribution in [0.4, 0.5) is 48.3 Å². The smallest absolute Gasteiger partial charge is 0.201 e. The maximum Gasteiger partial charge on any atom is 0.460 e. The van der Waals surface area contributed by atoms with Crippen LogP contribution in [0, 0.1) is 0 Å². The maximum absolute atomic E-state index is 12.4. The lowest BCUT2D eigenvalue weighted by molar-refractivity contribution is -0.391. The highest BCUT2D eigenvalue weighted by atomic mass is 35.5. The van der Waals surface area contributed by atoms with Gasteiger partial charge < -0.3 is 0 Å². The van der Waals surface area contributed by atoms with Crippen molar-refractivity contribution in [2.24, 2.45) is 0 Å². The van der Waals surface area contributed by atoms with E-state index >= 15 is 0 Å². The van der Waals surface area contributed by atoms with Gasteiger partial charge in [-0.25, -0.2) is 4.39 Å². The fraction of sp³-hybridized carbons (Fsp3) is 0.667. The molecule has 0 amide bonds. The topological polar surface area (TPSA) is 0 Å². The zero-order chi connectivity index (χ0) is 15.2. The van der Waals surface area contributed by atoms with Gasteiger partial charge in [0.2, 0.25) is 11.1 Å². The fourth-order valence-corrected chi connectivity index (χ4v) is 0.750. The van der Waals surface area contributed by atoms with Gasteiger partial charge in [0.25, 0.3) is 0 Å². The highest BCUT2D eigenvalue weighted by molar-refractivity contribution is 6.28. The average Bonchev–Trinajstić information content (AvgIpc) is 2.13. The summed E-state index contributed by atoms with van der Waals surface area (Å²) in [5.41, 5.74) is 0. The van der Waals surface area contributed by atoms with Gasteiger partial charge in [0.15, 0.2) is 0 Å². The Bertz CT molecular complexity index is 347. The fourth-order valence-electron chi connectivity index (χ4n) is 0.632. The average molecular weight is 316 g/mol. The molecule has 0 fully saturated rings. The monoisotopic (exact) mass is 316 g/mol. The zero-order valence-electron chi connectivity index (χ0n) is 7.54. The third-order valence-electron chi connectivity index (χ3n) is 1.59. The van der Waals surface area contributed by atoms with Crippen LogP contribution in [0.1, 0.15) is 0 Å². The minimum absolute atomic E-state index is 3.17. The van der Waals surface area contributed by atoms with Crippen molar-refractivity contribution in [3.05, 3.63) is 11.1 Å². The minimum Gasteiger partial charge on any atom is -0.201 e. The maximum atomic E-state index is 12.4. The van der Waals surface area contributed by atoms with E-state index in [2.05, 4.69) is 11.6 Å². The highest BCUT2D eigenvalue weighted by Crippen LogP contribution is 2.55. The number of hydrogen-bond donors (Lipinski definition) is 0. The summed E-state index contributed by atoms with van der Waals surface area (Å²) in [5.74, 6) is -25.3. The van der Waals surface area contributed by atoms with Crippen molar-refractivity contribution in [2.75, 3.05) is 0 Å². The molecule has 0 aliphatic carbocycles. The predicted molar refractivity (Wildman–Crippen MR) is 36.0 cm³/mol. The van der Waals surface area contributed by atoms with Crippen molar-refractivity contribution in [1.82, 2.24) is 0 Å². The summed E-state index contributed by atoms with van der Waals surface area (Å²) < 4.78 is 132. The molecule has 0 rings (SSSR count). The van der Waals surface area contributed by atoms with Crippen LogP contribution in [-0.4, -0.2) is 23.9 Å². The van der Waals surface area contributed by atoms with E-state index in [-0.39, 0.29) is 0 Å². The third-order valence-corrected chi connectivity index (χ3v) is 1.75. The molecule has 0 aliphatic heterocycles. The highest BCUT2D eigenvalue weighted by Gasteiger charge is 2.83. The number of halogens is 12. The lowest BCUT2D eigenvalue weighted by Crippen LogP contribution is -2.61. The molecule has 0 N–H and O–H groups in total. The first-order valence-corrected chi connectivity index (χ1v) is 3.90. The van der Waals surface area contributed by atoms with Crippen molar-refractivity contribution in [1.29, 1.82) is 0 Å². The molecular weight excluding hydrogens is 316 g/mol. The first kappa shape index (κ1) is 17.3. The first-order valence-electron chi connectivity index (χ1n) is 3.52.